The number of carbonyl (C=O) groups is 2. The highest BCUT2D eigenvalue weighted by atomic mass is 16.2. The van der Waals surface area contributed by atoms with Crippen molar-refractivity contribution in [2.45, 2.75) is 31.7 Å². The number of hydrogen-bond acceptors (Lipinski definition) is 4. The first-order chi connectivity index (χ1) is 14.2. The van der Waals surface area contributed by atoms with Crippen LogP contribution in [0.25, 0.3) is 0 Å². The van der Waals surface area contributed by atoms with Gasteiger partial charge in [0.2, 0.25) is 5.91 Å². The molecule has 150 valence electrons. The van der Waals surface area contributed by atoms with Crippen molar-refractivity contribution in [3.63, 3.8) is 0 Å². The molecule has 3 fully saturated rings. The Balaban J connectivity index is 1.40. The second kappa shape index (κ2) is 7.58. The van der Waals surface area contributed by atoms with Crippen LogP contribution in [0.3, 0.4) is 0 Å². The van der Waals surface area contributed by atoms with Gasteiger partial charge in [0, 0.05) is 49.8 Å². The number of rotatable bonds is 3. The first kappa shape index (κ1) is 18.3. The number of benzene rings is 1. The predicted molar refractivity (Wildman–Crippen MR) is 108 cm³/mol. The lowest BCUT2D eigenvalue weighted by atomic mass is 9.89. The summed E-state index contributed by atoms with van der Waals surface area (Å²) in [6.07, 6.45) is 9.02. The molecule has 0 radical (unpaired) electrons. The maximum absolute atomic E-state index is 13.3. The third-order valence-electron chi connectivity index (χ3n) is 6.86. The van der Waals surface area contributed by atoms with E-state index in [4.69, 9.17) is 0 Å². The number of fused-ring (bicyclic) bond motifs is 1. The van der Waals surface area contributed by atoms with Crippen molar-refractivity contribution < 1.29 is 9.59 Å². The summed E-state index contributed by atoms with van der Waals surface area (Å²) in [6.45, 7) is 2.08. The molecule has 2 saturated heterocycles. The van der Waals surface area contributed by atoms with Crippen molar-refractivity contribution in [2.75, 3.05) is 19.6 Å². The number of likely N-dealkylation sites (tertiary alicyclic amines) is 2. The van der Waals surface area contributed by atoms with E-state index in [-0.39, 0.29) is 23.8 Å². The van der Waals surface area contributed by atoms with Gasteiger partial charge in [0.05, 0.1) is 12.2 Å². The Bertz CT molecular complexity index is 882. The van der Waals surface area contributed by atoms with E-state index in [9.17, 15) is 9.59 Å². The summed E-state index contributed by atoms with van der Waals surface area (Å²) in [4.78, 5) is 38.4. The average molecular weight is 390 g/mol. The number of nitrogens with zero attached hydrogens (tertiary/aromatic N) is 4. The number of aromatic nitrogens is 2. The maximum Gasteiger partial charge on any atom is 0.274 e. The smallest absolute Gasteiger partial charge is 0.274 e. The van der Waals surface area contributed by atoms with E-state index in [1.165, 1.54) is 11.8 Å². The molecule has 3 heterocycles. The zero-order valence-corrected chi connectivity index (χ0v) is 16.5. The Morgan fingerprint density at radius 3 is 2.48 bits per heavy atom. The molecular weight excluding hydrogens is 364 g/mol. The number of carbonyl (C=O) groups excluding carboxylic acids is 2. The zero-order valence-electron chi connectivity index (χ0n) is 16.5. The van der Waals surface area contributed by atoms with Gasteiger partial charge in [-0.15, -0.1) is 0 Å². The minimum absolute atomic E-state index is 0.0500. The molecule has 2 aromatic rings. The van der Waals surface area contributed by atoms with Gasteiger partial charge in [0.25, 0.3) is 5.91 Å². The first-order valence-corrected chi connectivity index (χ1v) is 10.6. The summed E-state index contributed by atoms with van der Waals surface area (Å²) < 4.78 is 0. The van der Waals surface area contributed by atoms with Crippen LogP contribution in [0.5, 0.6) is 0 Å². The average Bonchev–Trinajstić information content (AvgIpc) is 3.50. The first-order valence-electron chi connectivity index (χ1n) is 10.6. The van der Waals surface area contributed by atoms with E-state index in [0.29, 0.717) is 30.6 Å². The van der Waals surface area contributed by atoms with Crippen LogP contribution in [0, 0.1) is 17.8 Å². The van der Waals surface area contributed by atoms with Gasteiger partial charge in [-0.1, -0.05) is 43.2 Å². The van der Waals surface area contributed by atoms with Crippen LogP contribution in [-0.2, 0) is 4.79 Å². The lowest BCUT2D eigenvalue weighted by Gasteiger charge is -2.31. The van der Waals surface area contributed by atoms with E-state index >= 15 is 0 Å². The van der Waals surface area contributed by atoms with Gasteiger partial charge in [-0.2, -0.15) is 0 Å². The van der Waals surface area contributed by atoms with Crippen molar-refractivity contribution in [3.05, 3.63) is 60.2 Å². The van der Waals surface area contributed by atoms with Crippen LogP contribution < -0.4 is 0 Å². The van der Waals surface area contributed by atoms with Crippen LogP contribution in [0.1, 0.15) is 47.8 Å². The van der Waals surface area contributed by atoms with Gasteiger partial charge < -0.3 is 9.80 Å². The van der Waals surface area contributed by atoms with Crippen molar-refractivity contribution in [1.82, 2.24) is 19.8 Å². The van der Waals surface area contributed by atoms with Crippen LogP contribution >= 0.6 is 0 Å². The third kappa shape index (κ3) is 3.30. The van der Waals surface area contributed by atoms with E-state index < -0.39 is 0 Å². The van der Waals surface area contributed by atoms with Crippen molar-refractivity contribution in [3.8, 4) is 0 Å². The third-order valence-corrected chi connectivity index (χ3v) is 6.86. The summed E-state index contributed by atoms with van der Waals surface area (Å²) in [5.74, 6) is 1.01. The van der Waals surface area contributed by atoms with Crippen LogP contribution in [0.2, 0.25) is 0 Å². The molecule has 3 atom stereocenters. The molecule has 1 saturated carbocycles. The molecule has 1 aromatic carbocycles. The monoisotopic (exact) mass is 390 g/mol. The fourth-order valence-corrected chi connectivity index (χ4v) is 5.49. The van der Waals surface area contributed by atoms with Gasteiger partial charge in [-0.3, -0.25) is 14.6 Å². The van der Waals surface area contributed by atoms with Crippen LogP contribution in [0.15, 0.2) is 48.9 Å². The number of amides is 2. The van der Waals surface area contributed by atoms with Crippen molar-refractivity contribution >= 4 is 11.8 Å². The summed E-state index contributed by atoms with van der Waals surface area (Å²) in [5.41, 5.74) is 1.57. The quantitative estimate of drug-likeness (QED) is 0.808. The molecule has 29 heavy (non-hydrogen) atoms. The minimum atomic E-state index is -0.0621. The molecule has 1 aliphatic carbocycles. The molecule has 0 bridgehead atoms. The molecule has 0 unspecified atom stereocenters. The predicted octanol–water partition coefficient (Wildman–Crippen LogP) is 2.94. The topological polar surface area (TPSA) is 66.4 Å². The fourth-order valence-electron chi connectivity index (χ4n) is 5.49. The Morgan fingerprint density at radius 1 is 0.966 bits per heavy atom. The lowest BCUT2D eigenvalue weighted by Crippen LogP contribution is -2.39. The highest BCUT2D eigenvalue weighted by Crippen LogP contribution is 2.46. The Morgan fingerprint density at radius 2 is 1.76 bits per heavy atom. The highest BCUT2D eigenvalue weighted by Gasteiger charge is 2.51. The van der Waals surface area contributed by atoms with Gasteiger partial charge in [-0.25, -0.2) is 4.98 Å². The normalized spacial score (nSPS) is 26.7. The SMILES string of the molecule is O=C(c1cnccn1)N1C[C@H]2CN(C(=O)C3CCCC3)[C@H](c3ccccc3)[C@H]2C1. The molecule has 6 nitrogen and oxygen atoms in total. The molecule has 2 amide bonds. The van der Waals surface area contributed by atoms with Gasteiger partial charge in [0.15, 0.2) is 0 Å². The molecule has 0 N–H and O–H groups in total. The lowest BCUT2D eigenvalue weighted by molar-refractivity contribution is -0.136. The molecule has 0 spiro atoms. The maximum atomic E-state index is 13.3. The molecule has 3 aliphatic rings. The molecule has 1 aromatic heterocycles. The summed E-state index contributed by atoms with van der Waals surface area (Å²) in [5, 5.41) is 0. The van der Waals surface area contributed by atoms with Gasteiger partial charge in [0.1, 0.15) is 5.69 Å². The number of hydrogen-bond donors (Lipinski definition) is 0. The second-order valence-corrected chi connectivity index (χ2v) is 8.55. The van der Waals surface area contributed by atoms with Crippen LogP contribution in [-0.4, -0.2) is 51.2 Å². The molecule has 6 heteroatoms. The largest absolute Gasteiger partial charge is 0.337 e. The van der Waals surface area contributed by atoms with E-state index in [2.05, 4.69) is 27.0 Å². The fraction of sp³-hybridized carbons (Fsp3) is 0.478. The molecule has 2 aliphatic heterocycles. The van der Waals surface area contributed by atoms with Crippen LogP contribution in [0.4, 0.5) is 0 Å². The van der Waals surface area contributed by atoms with Gasteiger partial charge >= 0.3 is 0 Å². The van der Waals surface area contributed by atoms with Crippen molar-refractivity contribution in [1.29, 1.82) is 0 Å². The Labute approximate surface area is 170 Å². The Kier molecular flexibility index (Phi) is 4.78. The zero-order chi connectivity index (χ0) is 19.8. The minimum Gasteiger partial charge on any atom is -0.337 e. The standard InChI is InChI=1S/C23H26N4O2/c28-22(17-8-4-5-9-17)27-14-18-13-26(23(29)20-12-24-10-11-25-20)15-19(18)21(27)16-6-2-1-3-7-16/h1-3,6-7,10-12,17-19,21H,4-5,8-9,13-15H2/t18-,19-,21+/m0/s1. The van der Waals surface area contributed by atoms with Crippen molar-refractivity contribution in [2.24, 2.45) is 17.8 Å². The van der Waals surface area contributed by atoms with E-state index in [1.54, 1.807) is 12.4 Å². The van der Waals surface area contributed by atoms with E-state index in [0.717, 1.165) is 32.2 Å². The second-order valence-electron chi connectivity index (χ2n) is 8.55. The molecular formula is C23H26N4O2. The Hall–Kier alpha value is -2.76. The highest BCUT2D eigenvalue weighted by molar-refractivity contribution is 5.92. The summed E-state index contributed by atoms with van der Waals surface area (Å²) in [6, 6.07) is 10.4. The van der Waals surface area contributed by atoms with E-state index in [1.807, 2.05) is 23.1 Å². The van der Waals surface area contributed by atoms with Gasteiger partial charge in [-0.05, 0) is 18.4 Å². The molecule has 5 rings (SSSR count). The summed E-state index contributed by atoms with van der Waals surface area (Å²) >= 11 is 0. The summed E-state index contributed by atoms with van der Waals surface area (Å²) in [7, 11) is 0.